The van der Waals surface area contributed by atoms with Crippen molar-refractivity contribution in [2.75, 3.05) is 0 Å². The standard InChI is InChI=1S/C7H12BNO2/c1-6(2)9-5-3-4-7(9)8(10)11/h3-6,10-11H,1-2H3. The van der Waals surface area contributed by atoms with E-state index >= 15 is 0 Å². The summed E-state index contributed by atoms with van der Waals surface area (Å²) in [7, 11) is -1.37. The minimum absolute atomic E-state index is 0.266. The van der Waals surface area contributed by atoms with Gasteiger partial charge in [0.1, 0.15) is 0 Å². The second kappa shape index (κ2) is 3.11. The molecular weight excluding hydrogens is 141 g/mol. The molecule has 0 saturated carbocycles. The van der Waals surface area contributed by atoms with Gasteiger partial charge in [0.05, 0.1) is 0 Å². The summed E-state index contributed by atoms with van der Waals surface area (Å²) in [6.07, 6.45) is 1.83. The van der Waals surface area contributed by atoms with Gasteiger partial charge in [-0.2, -0.15) is 0 Å². The van der Waals surface area contributed by atoms with E-state index < -0.39 is 7.12 Å². The van der Waals surface area contributed by atoms with Gasteiger partial charge in [-0.3, -0.25) is 0 Å². The summed E-state index contributed by atoms with van der Waals surface area (Å²) in [5, 5.41) is 17.8. The molecular formula is C7H12BNO2. The Morgan fingerprint density at radius 3 is 2.45 bits per heavy atom. The zero-order valence-electron chi connectivity index (χ0n) is 6.73. The van der Waals surface area contributed by atoms with E-state index in [0.29, 0.717) is 5.59 Å². The Hall–Kier alpha value is -0.735. The molecule has 1 rings (SSSR count). The van der Waals surface area contributed by atoms with Crippen molar-refractivity contribution in [3.8, 4) is 0 Å². The number of rotatable bonds is 2. The van der Waals surface area contributed by atoms with Gasteiger partial charge in [0, 0.05) is 17.8 Å². The molecule has 0 amide bonds. The summed E-state index contributed by atoms with van der Waals surface area (Å²) < 4.78 is 1.82. The molecule has 60 valence electrons. The summed E-state index contributed by atoms with van der Waals surface area (Å²) in [6.45, 7) is 3.98. The van der Waals surface area contributed by atoms with Crippen LogP contribution in [0.4, 0.5) is 0 Å². The fraction of sp³-hybridized carbons (Fsp3) is 0.429. The predicted molar refractivity (Wildman–Crippen MR) is 44.6 cm³/mol. The molecule has 0 radical (unpaired) electrons. The molecule has 1 heterocycles. The van der Waals surface area contributed by atoms with Gasteiger partial charge in [-0.1, -0.05) is 0 Å². The maximum absolute atomic E-state index is 8.88. The van der Waals surface area contributed by atoms with Crippen LogP contribution in [-0.4, -0.2) is 21.7 Å². The fourth-order valence-corrected chi connectivity index (χ4v) is 1.10. The second-order valence-corrected chi connectivity index (χ2v) is 2.81. The van der Waals surface area contributed by atoms with Crippen LogP contribution in [0.5, 0.6) is 0 Å². The van der Waals surface area contributed by atoms with Crippen LogP contribution in [0.15, 0.2) is 18.3 Å². The molecule has 0 aliphatic rings. The van der Waals surface area contributed by atoms with Gasteiger partial charge in [-0.25, -0.2) is 0 Å². The van der Waals surface area contributed by atoms with Gasteiger partial charge in [-0.05, 0) is 26.0 Å². The van der Waals surface area contributed by atoms with Crippen molar-refractivity contribution in [3.63, 3.8) is 0 Å². The van der Waals surface area contributed by atoms with Gasteiger partial charge in [0.25, 0.3) is 0 Å². The van der Waals surface area contributed by atoms with Gasteiger partial charge in [0.15, 0.2) is 0 Å². The average Bonchev–Trinajstić information content (AvgIpc) is 2.32. The minimum Gasteiger partial charge on any atom is -0.422 e. The SMILES string of the molecule is CC(C)n1cccc1B(O)O. The van der Waals surface area contributed by atoms with Crippen LogP contribution in [0.3, 0.4) is 0 Å². The Morgan fingerprint density at radius 1 is 1.45 bits per heavy atom. The number of hydrogen-bond donors (Lipinski definition) is 2. The third kappa shape index (κ3) is 1.64. The molecule has 0 aromatic carbocycles. The lowest BCUT2D eigenvalue weighted by molar-refractivity contribution is 0.419. The molecule has 0 fully saturated rings. The second-order valence-electron chi connectivity index (χ2n) is 2.81. The zero-order chi connectivity index (χ0) is 8.43. The first-order valence-corrected chi connectivity index (χ1v) is 3.66. The smallest absolute Gasteiger partial charge is 0.422 e. The monoisotopic (exact) mass is 153 g/mol. The molecule has 0 unspecified atom stereocenters. The lowest BCUT2D eigenvalue weighted by Crippen LogP contribution is -2.36. The molecule has 1 aromatic heterocycles. The highest BCUT2D eigenvalue weighted by Gasteiger charge is 2.16. The molecule has 0 aliphatic carbocycles. The quantitative estimate of drug-likeness (QED) is 0.575. The summed E-state index contributed by atoms with van der Waals surface area (Å²) in [6, 6.07) is 3.76. The molecule has 0 atom stereocenters. The first-order valence-electron chi connectivity index (χ1n) is 3.66. The first kappa shape index (κ1) is 8.36. The van der Waals surface area contributed by atoms with Gasteiger partial charge < -0.3 is 14.6 Å². The molecule has 2 N–H and O–H groups in total. The van der Waals surface area contributed by atoms with Crippen molar-refractivity contribution in [1.29, 1.82) is 0 Å². The van der Waals surface area contributed by atoms with Crippen LogP contribution in [-0.2, 0) is 0 Å². The van der Waals surface area contributed by atoms with Gasteiger partial charge in [0.2, 0.25) is 0 Å². The summed E-state index contributed by atoms with van der Waals surface area (Å²) in [5.74, 6) is 0. The predicted octanol–water partition coefficient (Wildman–Crippen LogP) is -0.251. The van der Waals surface area contributed by atoms with E-state index in [0.717, 1.165) is 0 Å². The molecule has 0 aliphatic heterocycles. The Labute approximate surface area is 66.4 Å². The molecule has 11 heavy (non-hydrogen) atoms. The van der Waals surface area contributed by atoms with Crippen molar-refractivity contribution in [2.45, 2.75) is 19.9 Å². The number of hydrogen-bond acceptors (Lipinski definition) is 2. The van der Waals surface area contributed by atoms with Crippen LogP contribution >= 0.6 is 0 Å². The van der Waals surface area contributed by atoms with Crippen molar-refractivity contribution < 1.29 is 10.0 Å². The molecule has 0 bridgehead atoms. The first-order chi connectivity index (χ1) is 5.13. The highest BCUT2D eigenvalue weighted by atomic mass is 16.4. The third-order valence-electron chi connectivity index (χ3n) is 1.63. The van der Waals surface area contributed by atoms with E-state index in [1.54, 1.807) is 12.1 Å². The van der Waals surface area contributed by atoms with Crippen LogP contribution in [0.2, 0.25) is 0 Å². The highest BCUT2D eigenvalue weighted by molar-refractivity contribution is 6.57. The van der Waals surface area contributed by atoms with Crippen molar-refractivity contribution >= 4 is 12.7 Å². The normalized spacial score (nSPS) is 10.6. The average molecular weight is 153 g/mol. The summed E-state index contributed by atoms with van der Waals surface area (Å²) in [4.78, 5) is 0. The molecule has 3 nitrogen and oxygen atoms in total. The van der Waals surface area contributed by atoms with E-state index in [1.807, 2.05) is 24.6 Å². The van der Waals surface area contributed by atoms with Crippen LogP contribution in [0, 0.1) is 0 Å². The van der Waals surface area contributed by atoms with Crippen LogP contribution in [0.25, 0.3) is 0 Å². The van der Waals surface area contributed by atoms with E-state index in [4.69, 9.17) is 10.0 Å². The topological polar surface area (TPSA) is 45.4 Å². The Bertz CT molecular complexity index is 210. The van der Waals surface area contributed by atoms with E-state index in [9.17, 15) is 0 Å². The van der Waals surface area contributed by atoms with Crippen LogP contribution < -0.4 is 5.59 Å². The Balaban J connectivity index is 2.96. The third-order valence-corrected chi connectivity index (χ3v) is 1.63. The van der Waals surface area contributed by atoms with Crippen molar-refractivity contribution in [2.24, 2.45) is 0 Å². The van der Waals surface area contributed by atoms with E-state index in [1.165, 1.54) is 0 Å². The lowest BCUT2D eigenvalue weighted by atomic mass is 9.86. The number of aromatic nitrogens is 1. The van der Waals surface area contributed by atoms with E-state index in [-0.39, 0.29) is 6.04 Å². The van der Waals surface area contributed by atoms with Crippen molar-refractivity contribution in [3.05, 3.63) is 18.3 Å². The summed E-state index contributed by atoms with van der Waals surface area (Å²) in [5.41, 5.74) is 0.542. The fourth-order valence-electron chi connectivity index (χ4n) is 1.10. The lowest BCUT2D eigenvalue weighted by Gasteiger charge is -2.11. The van der Waals surface area contributed by atoms with Gasteiger partial charge >= 0.3 is 7.12 Å². The molecule has 0 spiro atoms. The highest BCUT2D eigenvalue weighted by Crippen LogP contribution is 2.01. The van der Waals surface area contributed by atoms with Crippen LogP contribution in [0.1, 0.15) is 19.9 Å². The van der Waals surface area contributed by atoms with E-state index in [2.05, 4.69) is 0 Å². The maximum atomic E-state index is 8.88. The molecule has 4 heteroatoms. The van der Waals surface area contributed by atoms with Gasteiger partial charge in [-0.15, -0.1) is 0 Å². The molecule has 0 saturated heterocycles. The number of nitrogens with zero attached hydrogens (tertiary/aromatic N) is 1. The zero-order valence-corrected chi connectivity index (χ0v) is 6.73. The Morgan fingerprint density at radius 2 is 2.09 bits per heavy atom. The summed E-state index contributed by atoms with van der Waals surface area (Å²) >= 11 is 0. The van der Waals surface area contributed by atoms with Crippen molar-refractivity contribution in [1.82, 2.24) is 4.57 Å². The molecule has 1 aromatic rings. The maximum Gasteiger partial charge on any atom is 0.505 e. The Kier molecular flexibility index (Phi) is 2.36. The minimum atomic E-state index is -1.37. The largest absolute Gasteiger partial charge is 0.505 e.